The number of aliphatic hydroxyl groups excluding tert-OH is 2. The van der Waals surface area contributed by atoms with Crippen LogP contribution in [0.25, 0.3) is 0 Å². The molecule has 1 heterocycles. The maximum absolute atomic E-state index is 11.6. The Morgan fingerprint density at radius 1 is 1.41 bits per heavy atom. The van der Waals surface area contributed by atoms with Crippen molar-refractivity contribution in [2.45, 2.75) is 18.7 Å². The van der Waals surface area contributed by atoms with Crippen molar-refractivity contribution in [1.29, 1.82) is 0 Å². The number of aromatic nitrogens is 2. The molecule has 1 atom stereocenters. The van der Waals surface area contributed by atoms with Crippen LogP contribution in [0.3, 0.4) is 0 Å². The van der Waals surface area contributed by atoms with E-state index in [1.54, 1.807) is 6.92 Å². The molecular weight excluding hydrogens is 244 g/mol. The molecule has 7 heteroatoms. The zero-order valence-electron chi connectivity index (χ0n) is 9.55. The summed E-state index contributed by atoms with van der Waals surface area (Å²) in [5.41, 5.74) is -0.456. The minimum Gasteiger partial charge on any atom is -0.396 e. The molecule has 96 valence electrons. The average Bonchev–Trinajstić information content (AvgIpc) is 2.29. The van der Waals surface area contributed by atoms with Gasteiger partial charge < -0.3 is 10.2 Å². The zero-order chi connectivity index (χ0) is 12.8. The van der Waals surface area contributed by atoms with Crippen LogP contribution in [0.4, 0.5) is 0 Å². The third-order valence-corrected chi connectivity index (χ3v) is 3.50. The standard InChI is InChI=1S/C10H16N2O4S/c1-7-6-12(10(16)11-9(7)15)8(2-3-13)17-5-4-14/h6,8,13-14H,2-5H2,1H3,(H,11,15,16). The minimum absolute atomic E-state index is 0.00365. The molecule has 0 aliphatic heterocycles. The molecule has 1 aromatic rings. The van der Waals surface area contributed by atoms with Crippen molar-refractivity contribution in [1.82, 2.24) is 9.55 Å². The highest BCUT2D eigenvalue weighted by molar-refractivity contribution is 7.99. The number of H-pyrrole nitrogens is 1. The first-order valence-corrected chi connectivity index (χ1v) is 6.30. The van der Waals surface area contributed by atoms with Crippen molar-refractivity contribution >= 4 is 11.8 Å². The third-order valence-electron chi connectivity index (χ3n) is 2.23. The number of hydrogen-bond donors (Lipinski definition) is 3. The van der Waals surface area contributed by atoms with E-state index in [4.69, 9.17) is 10.2 Å². The molecule has 1 rings (SSSR count). The number of rotatable bonds is 6. The summed E-state index contributed by atoms with van der Waals surface area (Å²) in [5, 5.41) is 17.4. The van der Waals surface area contributed by atoms with E-state index in [2.05, 4.69) is 4.98 Å². The number of hydrogen-bond acceptors (Lipinski definition) is 5. The monoisotopic (exact) mass is 260 g/mol. The van der Waals surface area contributed by atoms with Crippen LogP contribution in [0.5, 0.6) is 0 Å². The Morgan fingerprint density at radius 2 is 2.12 bits per heavy atom. The smallest absolute Gasteiger partial charge is 0.329 e. The van der Waals surface area contributed by atoms with Gasteiger partial charge >= 0.3 is 5.69 Å². The average molecular weight is 260 g/mol. The minimum atomic E-state index is -0.496. The highest BCUT2D eigenvalue weighted by Gasteiger charge is 2.13. The molecule has 3 N–H and O–H groups in total. The summed E-state index contributed by atoms with van der Waals surface area (Å²) in [5.74, 6) is 0.468. The first-order chi connectivity index (χ1) is 8.10. The molecule has 0 amide bonds. The molecule has 0 aromatic carbocycles. The molecule has 0 spiro atoms. The maximum Gasteiger partial charge on any atom is 0.329 e. The quantitative estimate of drug-likeness (QED) is 0.638. The SMILES string of the molecule is Cc1cn(C(CCO)SCCO)c(=O)[nH]c1=O. The lowest BCUT2D eigenvalue weighted by atomic mass is 10.3. The molecule has 0 fully saturated rings. The van der Waals surface area contributed by atoms with Crippen LogP contribution < -0.4 is 11.2 Å². The van der Waals surface area contributed by atoms with Crippen LogP contribution in [-0.2, 0) is 0 Å². The van der Waals surface area contributed by atoms with Gasteiger partial charge in [-0.05, 0) is 6.92 Å². The predicted octanol–water partition coefficient (Wildman–Crippen LogP) is -0.548. The van der Waals surface area contributed by atoms with Crippen LogP contribution in [0, 0.1) is 6.92 Å². The molecule has 0 aliphatic carbocycles. The third kappa shape index (κ3) is 3.72. The summed E-state index contributed by atoms with van der Waals surface area (Å²) in [4.78, 5) is 25.1. The molecular formula is C10H16N2O4S. The van der Waals surface area contributed by atoms with Crippen LogP contribution >= 0.6 is 11.8 Å². The summed E-state index contributed by atoms with van der Waals surface area (Å²) >= 11 is 1.36. The summed E-state index contributed by atoms with van der Waals surface area (Å²) in [7, 11) is 0. The van der Waals surface area contributed by atoms with E-state index >= 15 is 0 Å². The maximum atomic E-state index is 11.6. The number of aliphatic hydroxyl groups is 2. The largest absolute Gasteiger partial charge is 0.396 e. The second kappa shape index (κ2) is 6.63. The molecule has 0 radical (unpaired) electrons. The summed E-state index contributed by atoms with van der Waals surface area (Å²) in [6, 6.07) is 0. The lowest BCUT2D eigenvalue weighted by Gasteiger charge is -2.17. The van der Waals surface area contributed by atoms with Crippen molar-refractivity contribution < 1.29 is 10.2 Å². The first-order valence-electron chi connectivity index (χ1n) is 5.25. The predicted molar refractivity (Wildman–Crippen MR) is 66.3 cm³/mol. The van der Waals surface area contributed by atoms with Crippen molar-refractivity contribution in [3.63, 3.8) is 0 Å². The van der Waals surface area contributed by atoms with Crippen LogP contribution in [0.2, 0.25) is 0 Å². The number of thioether (sulfide) groups is 1. The van der Waals surface area contributed by atoms with Crippen molar-refractivity contribution in [2.24, 2.45) is 0 Å². The Hall–Kier alpha value is -1.05. The van der Waals surface area contributed by atoms with Gasteiger partial charge in [-0.3, -0.25) is 14.3 Å². The van der Waals surface area contributed by atoms with Gasteiger partial charge in [0.15, 0.2) is 0 Å². The van der Waals surface area contributed by atoms with Crippen molar-refractivity contribution in [3.05, 3.63) is 32.6 Å². The van der Waals surface area contributed by atoms with Gasteiger partial charge in [-0.15, -0.1) is 11.8 Å². The van der Waals surface area contributed by atoms with Gasteiger partial charge in [-0.2, -0.15) is 0 Å². The van der Waals surface area contributed by atoms with Gasteiger partial charge in [-0.25, -0.2) is 4.79 Å². The van der Waals surface area contributed by atoms with E-state index < -0.39 is 11.2 Å². The number of aryl methyl sites for hydroxylation is 1. The molecule has 0 aliphatic rings. The Bertz CT molecular complexity index is 468. The van der Waals surface area contributed by atoms with Crippen molar-refractivity contribution in [2.75, 3.05) is 19.0 Å². The van der Waals surface area contributed by atoms with Gasteiger partial charge in [0.25, 0.3) is 5.56 Å². The Balaban J connectivity index is 3.04. The van der Waals surface area contributed by atoms with Gasteiger partial charge in [0, 0.05) is 30.5 Å². The van der Waals surface area contributed by atoms with Crippen LogP contribution in [-0.4, -0.2) is 38.7 Å². The molecule has 6 nitrogen and oxygen atoms in total. The van der Waals surface area contributed by atoms with E-state index in [0.29, 0.717) is 17.7 Å². The Labute approximate surface area is 102 Å². The number of nitrogens with zero attached hydrogens (tertiary/aromatic N) is 1. The Kier molecular flexibility index (Phi) is 5.46. The highest BCUT2D eigenvalue weighted by Crippen LogP contribution is 2.23. The fourth-order valence-corrected chi connectivity index (χ4v) is 2.37. The second-order valence-electron chi connectivity index (χ2n) is 3.54. The van der Waals surface area contributed by atoms with Gasteiger partial charge in [-0.1, -0.05) is 0 Å². The van der Waals surface area contributed by atoms with E-state index in [1.807, 2.05) is 0 Å². The number of aromatic amines is 1. The highest BCUT2D eigenvalue weighted by atomic mass is 32.2. The summed E-state index contributed by atoms with van der Waals surface area (Å²) in [6.45, 7) is 1.55. The second-order valence-corrected chi connectivity index (χ2v) is 4.83. The fraction of sp³-hybridized carbons (Fsp3) is 0.600. The van der Waals surface area contributed by atoms with Gasteiger partial charge in [0.05, 0.1) is 12.0 Å². The molecule has 0 bridgehead atoms. The molecule has 1 aromatic heterocycles. The molecule has 1 unspecified atom stereocenters. The molecule has 0 saturated heterocycles. The molecule has 0 saturated carbocycles. The van der Waals surface area contributed by atoms with E-state index in [-0.39, 0.29) is 18.6 Å². The Morgan fingerprint density at radius 3 is 2.71 bits per heavy atom. The lowest BCUT2D eigenvalue weighted by Crippen LogP contribution is -2.32. The van der Waals surface area contributed by atoms with Crippen LogP contribution in [0.15, 0.2) is 15.8 Å². The van der Waals surface area contributed by atoms with E-state index in [0.717, 1.165) is 0 Å². The van der Waals surface area contributed by atoms with Gasteiger partial charge in [0.2, 0.25) is 0 Å². The van der Waals surface area contributed by atoms with E-state index in [1.165, 1.54) is 22.5 Å². The van der Waals surface area contributed by atoms with Crippen LogP contribution in [0.1, 0.15) is 17.4 Å². The summed E-state index contributed by atoms with van der Waals surface area (Å²) < 4.78 is 1.38. The topological polar surface area (TPSA) is 95.3 Å². The zero-order valence-corrected chi connectivity index (χ0v) is 10.4. The first kappa shape index (κ1) is 14.0. The lowest BCUT2D eigenvalue weighted by molar-refractivity contribution is 0.276. The van der Waals surface area contributed by atoms with Gasteiger partial charge in [0.1, 0.15) is 0 Å². The number of nitrogens with one attached hydrogen (secondary N) is 1. The summed E-state index contributed by atoms with van der Waals surface area (Å²) in [6.07, 6.45) is 1.86. The molecule has 17 heavy (non-hydrogen) atoms. The normalized spacial score (nSPS) is 12.6. The van der Waals surface area contributed by atoms with Crippen molar-refractivity contribution in [3.8, 4) is 0 Å². The fourth-order valence-electron chi connectivity index (χ4n) is 1.40. The van der Waals surface area contributed by atoms with E-state index in [9.17, 15) is 9.59 Å².